The van der Waals surface area contributed by atoms with Gasteiger partial charge in [-0.2, -0.15) is 0 Å². The van der Waals surface area contributed by atoms with Gasteiger partial charge in [0.1, 0.15) is 6.67 Å². The van der Waals surface area contributed by atoms with Crippen LogP contribution in [-0.2, 0) is 0 Å². The molecule has 2 heterocycles. The molecule has 15 heavy (non-hydrogen) atoms. The van der Waals surface area contributed by atoms with Crippen molar-refractivity contribution in [1.29, 1.82) is 0 Å². The molecule has 2 heteroatoms. The Hall–Kier alpha value is -0.0800. The van der Waals surface area contributed by atoms with E-state index in [1.165, 1.54) is 56.5 Å². The highest BCUT2D eigenvalue weighted by Gasteiger charge is 2.45. The van der Waals surface area contributed by atoms with Gasteiger partial charge in [-0.15, -0.1) is 0 Å². The first-order valence-corrected chi connectivity index (χ1v) is 6.81. The molecule has 0 bridgehead atoms. The van der Waals surface area contributed by atoms with Crippen molar-refractivity contribution in [1.82, 2.24) is 4.90 Å². The first-order valence-electron chi connectivity index (χ1n) is 6.81. The van der Waals surface area contributed by atoms with Gasteiger partial charge in [0, 0.05) is 18.9 Å². The monoisotopic (exact) mass is 211 g/mol. The Balaban J connectivity index is 2.05. The lowest BCUT2D eigenvalue weighted by atomic mass is 10.1. The van der Waals surface area contributed by atoms with E-state index in [1.807, 2.05) is 0 Å². The largest absolute Gasteiger partial charge is 0.310 e. The highest BCUT2D eigenvalue weighted by Crippen LogP contribution is 2.31. The Kier molecular flexibility index (Phi) is 3.36. The molecule has 0 N–H and O–H groups in total. The first kappa shape index (κ1) is 11.4. The van der Waals surface area contributed by atoms with Crippen LogP contribution in [0.3, 0.4) is 0 Å². The maximum atomic E-state index is 2.78. The van der Waals surface area contributed by atoms with Crippen LogP contribution in [0.4, 0.5) is 0 Å². The summed E-state index contributed by atoms with van der Waals surface area (Å²) in [6.45, 7) is 12.8. The van der Waals surface area contributed by atoms with Gasteiger partial charge in [-0.25, -0.2) is 4.90 Å². The van der Waals surface area contributed by atoms with Crippen molar-refractivity contribution in [3.63, 3.8) is 0 Å². The van der Waals surface area contributed by atoms with Crippen LogP contribution in [-0.4, -0.2) is 47.8 Å². The Morgan fingerprint density at radius 2 is 1.93 bits per heavy atom. The molecule has 2 nitrogen and oxygen atoms in total. The SMILES string of the molecule is CCC(C)N1C[N+]2(CCCC2)CC1CC. The summed E-state index contributed by atoms with van der Waals surface area (Å²) in [5, 5.41) is 0. The molecule has 0 aromatic rings. The second-order valence-electron chi connectivity index (χ2n) is 5.65. The van der Waals surface area contributed by atoms with E-state index in [0.717, 1.165) is 12.1 Å². The predicted molar refractivity (Wildman–Crippen MR) is 64.6 cm³/mol. The van der Waals surface area contributed by atoms with Crippen molar-refractivity contribution >= 4 is 0 Å². The molecule has 2 atom stereocenters. The molecule has 0 saturated carbocycles. The van der Waals surface area contributed by atoms with E-state index in [1.54, 1.807) is 0 Å². The van der Waals surface area contributed by atoms with Crippen LogP contribution in [0.15, 0.2) is 0 Å². The van der Waals surface area contributed by atoms with Gasteiger partial charge in [-0.1, -0.05) is 13.8 Å². The molecule has 2 saturated heterocycles. The van der Waals surface area contributed by atoms with Gasteiger partial charge in [0.15, 0.2) is 0 Å². The second-order valence-corrected chi connectivity index (χ2v) is 5.65. The molecule has 88 valence electrons. The van der Waals surface area contributed by atoms with Gasteiger partial charge < -0.3 is 4.48 Å². The molecule has 0 aromatic heterocycles. The molecule has 0 amide bonds. The summed E-state index contributed by atoms with van der Waals surface area (Å²) >= 11 is 0. The van der Waals surface area contributed by atoms with Crippen LogP contribution in [0.5, 0.6) is 0 Å². The van der Waals surface area contributed by atoms with Crippen molar-refractivity contribution in [2.45, 2.75) is 58.5 Å². The van der Waals surface area contributed by atoms with E-state index in [0.29, 0.717) is 0 Å². The standard InChI is InChI=1S/C13H27N2/c1-4-12(3)14-11-15(8-6-7-9-15)10-13(14)5-2/h12-13H,4-11H2,1-3H3/q+1. The highest BCUT2D eigenvalue weighted by molar-refractivity contribution is 4.80. The van der Waals surface area contributed by atoms with Crippen LogP contribution < -0.4 is 0 Å². The zero-order valence-electron chi connectivity index (χ0n) is 10.7. The minimum absolute atomic E-state index is 0.785. The smallest absolute Gasteiger partial charge is 0.135 e. The van der Waals surface area contributed by atoms with Crippen molar-refractivity contribution < 1.29 is 4.48 Å². The topological polar surface area (TPSA) is 3.24 Å². The molecule has 2 fully saturated rings. The van der Waals surface area contributed by atoms with Gasteiger partial charge >= 0.3 is 0 Å². The van der Waals surface area contributed by atoms with Gasteiger partial charge in [-0.3, -0.25) is 0 Å². The van der Waals surface area contributed by atoms with Gasteiger partial charge in [0.2, 0.25) is 0 Å². The lowest BCUT2D eigenvalue weighted by Gasteiger charge is -2.30. The molecule has 0 aliphatic carbocycles. The van der Waals surface area contributed by atoms with E-state index < -0.39 is 0 Å². The summed E-state index contributed by atoms with van der Waals surface area (Å²) in [7, 11) is 0. The van der Waals surface area contributed by atoms with Crippen molar-refractivity contribution in [2.24, 2.45) is 0 Å². The van der Waals surface area contributed by atoms with E-state index >= 15 is 0 Å². The summed E-state index contributed by atoms with van der Waals surface area (Å²) in [5.41, 5.74) is 0. The number of nitrogens with zero attached hydrogens (tertiary/aromatic N) is 2. The van der Waals surface area contributed by atoms with E-state index in [4.69, 9.17) is 0 Å². The fourth-order valence-corrected chi connectivity index (χ4v) is 3.50. The lowest BCUT2D eigenvalue weighted by molar-refractivity contribution is -0.910. The third kappa shape index (κ3) is 2.07. The summed E-state index contributed by atoms with van der Waals surface area (Å²) in [5.74, 6) is 0. The quantitative estimate of drug-likeness (QED) is 0.648. The summed E-state index contributed by atoms with van der Waals surface area (Å²) in [4.78, 5) is 2.78. The molecule has 0 radical (unpaired) electrons. The number of rotatable bonds is 3. The minimum atomic E-state index is 0.785. The molecule has 1 spiro atoms. The first-order chi connectivity index (χ1) is 7.21. The zero-order chi connectivity index (χ0) is 10.9. The predicted octanol–water partition coefficient (Wildman–Crippen LogP) is 2.45. The third-order valence-corrected chi connectivity index (χ3v) is 4.67. The van der Waals surface area contributed by atoms with Crippen molar-refractivity contribution in [3.8, 4) is 0 Å². The molecular weight excluding hydrogens is 184 g/mol. The molecular formula is C13H27N2+. The maximum absolute atomic E-state index is 2.78. The fourth-order valence-electron chi connectivity index (χ4n) is 3.50. The van der Waals surface area contributed by atoms with Gasteiger partial charge in [0.25, 0.3) is 0 Å². The number of hydrogen-bond acceptors (Lipinski definition) is 1. The average Bonchev–Trinajstić information content (AvgIpc) is 2.85. The zero-order valence-corrected chi connectivity index (χ0v) is 10.7. The summed E-state index contributed by atoms with van der Waals surface area (Å²) in [6.07, 6.45) is 5.57. The van der Waals surface area contributed by atoms with Crippen molar-refractivity contribution in [3.05, 3.63) is 0 Å². The lowest BCUT2D eigenvalue weighted by Crippen LogP contribution is -2.45. The number of hydrogen-bond donors (Lipinski definition) is 0. The molecule has 2 unspecified atom stereocenters. The van der Waals surface area contributed by atoms with Gasteiger partial charge in [0.05, 0.1) is 25.7 Å². The molecule has 0 aromatic carbocycles. The van der Waals surface area contributed by atoms with E-state index in [-0.39, 0.29) is 0 Å². The molecule has 2 aliphatic heterocycles. The van der Waals surface area contributed by atoms with Crippen LogP contribution in [0, 0.1) is 0 Å². The third-order valence-electron chi connectivity index (χ3n) is 4.67. The van der Waals surface area contributed by atoms with Gasteiger partial charge in [-0.05, 0) is 19.8 Å². The fraction of sp³-hybridized carbons (Fsp3) is 1.00. The molecule has 2 aliphatic rings. The summed E-state index contributed by atoms with van der Waals surface area (Å²) in [6, 6.07) is 1.64. The normalized spacial score (nSPS) is 32.6. The second kappa shape index (κ2) is 4.42. The maximum Gasteiger partial charge on any atom is 0.135 e. The molecule has 2 rings (SSSR count). The van der Waals surface area contributed by atoms with Crippen molar-refractivity contribution in [2.75, 3.05) is 26.3 Å². The Morgan fingerprint density at radius 1 is 1.27 bits per heavy atom. The number of quaternary nitrogens is 1. The Labute approximate surface area is 94.8 Å². The van der Waals surface area contributed by atoms with Crippen LogP contribution in [0.2, 0.25) is 0 Å². The van der Waals surface area contributed by atoms with Crippen LogP contribution >= 0.6 is 0 Å². The highest BCUT2D eigenvalue weighted by atomic mass is 15.5. The minimum Gasteiger partial charge on any atom is -0.310 e. The van der Waals surface area contributed by atoms with Crippen LogP contribution in [0.1, 0.15) is 46.5 Å². The van der Waals surface area contributed by atoms with E-state index in [2.05, 4.69) is 25.7 Å². The Morgan fingerprint density at radius 3 is 2.47 bits per heavy atom. The van der Waals surface area contributed by atoms with Crippen LogP contribution in [0.25, 0.3) is 0 Å². The average molecular weight is 211 g/mol. The Bertz CT molecular complexity index is 209. The van der Waals surface area contributed by atoms with E-state index in [9.17, 15) is 0 Å². The summed E-state index contributed by atoms with van der Waals surface area (Å²) < 4.78 is 1.42.